The Morgan fingerprint density at radius 1 is 0.921 bits per heavy atom. The van der Waals surface area contributed by atoms with Crippen LogP contribution in [0.25, 0.3) is 21.8 Å². The van der Waals surface area contributed by atoms with E-state index in [2.05, 4.69) is 16.6 Å². The van der Waals surface area contributed by atoms with Gasteiger partial charge in [0.05, 0.1) is 12.0 Å². The molecule has 0 spiro atoms. The Morgan fingerprint density at radius 3 is 2.26 bits per heavy atom. The average Bonchev–Trinajstić information content (AvgIpc) is 3.55. The number of furan rings is 1. The van der Waals surface area contributed by atoms with Crippen LogP contribution in [0.3, 0.4) is 0 Å². The number of hydrogen-bond donors (Lipinski definition) is 0. The van der Waals surface area contributed by atoms with Gasteiger partial charge in [-0.3, -0.25) is 4.79 Å². The van der Waals surface area contributed by atoms with Crippen molar-refractivity contribution in [2.24, 2.45) is 5.16 Å². The minimum absolute atomic E-state index is 0.0526. The molecule has 7 nitrogen and oxygen atoms in total. The van der Waals surface area contributed by atoms with E-state index < -0.39 is 5.97 Å². The number of carbonyl (C=O) groups excluding carboxylic acids is 2. The van der Waals surface area contributed by atoms with Crippen LogP contribution in [0, 0.1) is 6.92 Å². The van der Waals surface area contributed by atoms with Gasteiger partial charge in [-0.2, -0.15) is 0 Å². The van der Waals surface area contributed by atoms with Gasteiger partial charge in [0, 0.05) is 46.4 Å². The van der Waals surface area contributed by atoms with Crippen LogP contribution in [0.5, 0.6) is 5.75 Å². The van der Waals surface area contributed by atoms with E-state index in [-0.39, 0.29) is 5.78 Å². The lowest BCUT2D eigenvalue weighted by atomic mass is 9.97. The number of carbonyl (C=O) groups is 2. The number of oxime groups is 1. The number of hydrogen-bond acceptors (Lipinski definition) is 6. The summed E-state index contributed by atoms with van der Waals surface area (Å²) < 4.78 is 13.3. The first-order valence-corrected chi connectivity index (χ1v) is 12.4. The molecule has 0 amide bonds. The molecule has 3 aromatic carbocycles. The molecule has 0 aliphatic heterocycles. The summed E-state index contributed by atoms with van der Waals surface area (Å²) in [6.07, 6.45) is 1.61. The van der Waals surface area contributed by atoms with Crippen LogP contribution in [0.15, 0.2) is 82.6 Å². The molecule has 0 aliphatic rings. The summed E-state index contributed by atoms with van der Waals surface area (Å²) in [5.74, 6) is 0.889. The zero-order valence-corrected chi connectivity index (χ0v) is 21.8. The fourth-order valence-corrected chi connectivity index (χ4v) is 4.68. The van der Waals surface area contributed by atoms with Crippen molar-refractivity contribution in [3.8, 4) is 5.75 Å². The van der Waals surface area contributed by atoms with E-state index in [0.717, 1.165) is 45.2 Å². The topological polar surface area (TPSA) is 83.0 Å². The normalized spacial score (nSPS) is 11.7. The summed E-state index contributed by atoms with van der Waals surface area (Å²) in [6.45, 7) is 8.22. The Balaban J connectivity index is 1.50. The number of benzene rings is 3. The van der Waals surface area contributed by atoms with Gasteiger partial charge >= 0.3 is 5.97 Å². The van der Waals surface area contributed by atoms with Crippen molar-refractivity contribution in [1.82, 2.24) is 4.57 Å². The van der Waals surface area contributed by atoms with E-state index >= 15 is 0 Å². The van der Waals surface area contributed by atoms with Crippen LogP contribution in [0.4, 0.5) is 0 Å². The molecule has 0 fully saturated rings. The van der Waals surface area contributed by atoms with Crippen molar-refractivity contribution < 1.29 is 23.6 Å². The first-order valence-electron chi connectivity index (χ1n) is 12.4. The van der Waals surface area contributed by atoms with E-state index in [9.17, 15) is 9.59 Å². The lowest BCUT2D eigenvalue weighted by molar-refractivity contribution is -0.140. The first kappa shape index (κ1) is 25.0. The zero-order chi connectivity index (χ0) is 26.8. The second kappa shape index (κ2) is 10.4. The van der Waals surface area contributed by atoms with Gasteiger partial charge in [-0.05, 0) is 92.6 Å². The highest BCUT2D eigenvalue weighted by Gasteiger charge is 2.17. The van der Waals surface area contributed by atoms with Crippen molar-refractivity contribution in [2.45, 2.75) is 40.8 Å². The fraction of sp³-hybridized carbons (Fsp3) is 0.194. The molecule has 0 unspecified atom stereocenters. The molecular formula is C31H28N2O5. The summed E-state index contributed by atoms with van der Waals surface area (Å²) in [7, 11) is 0. The predicted molar refractivity (Wildman–Crippen MR) is 147 cm³/mol. The minimum atomic E-state index is -0.469. The molecule has 2 heterocycles. The third-order valence-corrected chi connectivity index (χ3v) is 6.58. The predicted octanol–water partition coefficient (Wildman–Crippen LogP) is 6.81. The highest BCUT2D eigenvalue weighted by atomic mass is 16.7. The largest absolute Gasteiger partial charge is 0.486 e. The Bertz CT molecular complexity index is 1690. The van der Waals surface area contributed by atoms with Gasteiger partial charge in [0.15, 0.2) is 5.78 Å². The van der Waals surface area contributed by atoms with E-state index in [1.165, 1.54) is 6.92 Å². The molecule has 5 rings (SSSR count). The Kier molecular flexibility index (Phi) is 6.83. The highest BCUT2D eigenvalue weighted by Crippen LogP contribution is 2.32. The third kappa shape index (κ3) is 4.83. The standard InChI is InChI=1S/C31H28N2O5/c1-5-33-29-12-8-22(20(3)32-38-21(4)34)16-27(29)28-17-23(9-13-30(28)33)31(35)26-11-10-24(15-19(26)2)37-18-25-7-6-14-36-25/h6-17H,5,18H2,1-4H3/b32-20+. The first-order chi connectivity index (χ1) is 18.4. The Morgan fingerprint density at radius 2 is 1.63 bits per heavy atom. The van der Waals surface area contributed by atoms with Gasteiger partial charge in [0.2, 0.25) is 0 Å². The van der Waals surface area contributed by atoms with Gasteiger partial charge in [-0.25, -0.2) is 4.79 Å². The number of aryl methyl sites for hydroxylation is 2. The molecule has 0 saturated heterocycles. The number of fused-ring (bicyclic) bond motifs is 3. The number of rotatable bonds is 8. The number of ether oxygens (including phenoxy) is 1. The summed E-state index contributed by atoms with van der Waals surface area (Å²) in [5, 5.41) is 5.91. The van der Waals surface area contributed by atoms with Crippen LogP contribution in [-0.2, 0) is 22.8 Å². The summed E-state index contributed by atoms with van der Waals surface area (Å²) >= 11 is 0. The van der Waals surface area contributed by atoms with Crippen LogP contribution in [0.1, 0.15) is 53.6 Å². The minimum Gasteiger partial charge on any atom is -0.486 e. The van der Waals surface area contributed by atoms with E-state index in [1.54, 1.807) is 13.2 Å². The van der Waals surface area contributed by atoms with Crippen molar-refractivity contribution in [3.05, 3.63) is 101 Å². The van der Waals surface area contributed by atoms with Crippen LogP contribution >= 0.6 is 0 Å². The molecular weight excluding hydrogens is 480 g/mol. The second-order valence-electron chi connectivity index (χ2n) is 9.14. The molecule has 0 N–H and O–H groups in total. The molecule has 0 radical (unpaired) electrons. The van der Waals surface area contributed by atoms with E-state index in [1.807, 2.05) is 73.7 Å². The van der Waals surface area contributed by atoms with Gasteiger partial charge in [-0.15, -0.1) is 0 Å². The van der Waals surface area contributed by atoms with Crippen molar-refractivity contribution >= 4 is 39.3 Å². The maximum absolute atomic E-state index is 13.6. The van der Waals surface area contributed by atoms with Crippen molar-refractivity contribution in [1.29, 1.82) is 0 Å². The van der Waals surface area contributed by atoms with Crippen LogP contribution < -0.4 is 4.74 Å². The summed E-state index contributed by atoms with van der Waals surface area (Å²) in [5.41, 5.74) is 5.61. The molecule has 0 aliphatic carbocycles. The lowest BCUT2D eigenvalue weighted by Gasteiger charge is -2.10. The van der Waals surface area contributed by atoms with Gasteiger partial charge in [0.1, 0.15) is 18.1 Å². The Labute approximate surface area is 220 Å². The van der Waals surface area contributed by atoms with Gasteiger partial charge in [0.25, 0.3) is 0 Å². The van der Waals surface area contributed by atoms with Crippen LogP contribution in [-0.4, -0.2) is 22.0 Å². The monoisotopic (exact) mass is 508 g/mol. The maximum atomic E-state index is 13.6. The SMILES string of the molecule is CCn1c2ccc(C(=O)c3ccc(OCc4ccco4)cc3C)cc2c2cc(/C(C)=N/OC(C)=O)ccc21. The molecule has 2 aromatic heterocycles. The smallest absolute Gasteiger partial charge is 0.331 e. The number of ketones is 1. The average molecular weight is 509 g/mol. The molecule has 7 heteroatoms. The van der Waals surface area contributed by atoms with Crippen molar-refractivity contribution in [3.63, 3.8) is 0 Å². The Hall–Kier alpha value is -4.65. The van der Waals surface area contributed by atoms with Gasteiger partial charge in [-0.1, -0.05) is 11.2 Å². The highest BCUT2D eigenvalue weighted by molar-refractivity contribution is 6.16. The molecule has 0 atom stereocenters. The van der Waals surface area contributed by atoms with E-state index in [0.29, 0.717) is 29.2 Å². The summed E-state index contributed by atoms with van der Waals surface area (Å²) in [4.78, 5) is 29.6. The van der Waals surface area contributed by atoms with Gasteiger partial charge < -0.3 is 18.6 Å². The molecule has 38 heavy (non-hydrogen) atoms. The zero-order valence-electron chi connectivity index (χ0n) is 21.8. The number of aromatic nitrogens is 1. The fourth-order valence-electron chi connectivity index (χ4n) is 4.68. The second-order valence-corrected chi connectivity index (χ2v) is 9.14. The maximum Gasteiger partial charge on any atom is 0.331 e. The molecule has 0 bridgehead atoms. The lowest BCUT2D eigenvalue weighted by Crippen LogP contribution is -2.04. The molecule has 0 saturated carbocycles. The molecule has 192 valence electrons. The summed E-state index contributed by atoms with van der Waals surface area (Å²) in [6, 6.07) is 21.0. The van der Waals surface area contributed by atoms with E-state index in [4.69, 9.17) is 14.0 Å². The van der Waals surface area contributed by atoms with Crippen molar-refractivity contribution in [2.75, 3.05) is 0 Å². The van der Waals surface area contributed by atoms with Crippen LogP contribution in [0.2, 0.25) is 0 Å². The number of nitrogens with zero attached hydrogens (tertiary/aromatic N) is 2. The molecule has 5 aromatic rings. The third-order valence-electron chi connectivity index (χ3n) is 6.58. The quantitative estimate of drug-likeness (QED) is 0.0995.